The van der Waals surface area contributed by atoms with Gasteiger partial charge in [0.25, 0.3) is 5.91 Å². The molecular formula is C32H27Cl2FN4O3S. The van der Waals surface area contributed by atoms with Gasteiger partial charge in [-0.2, -0.15) is 0 Å². The molecule has 4 aromatic carbocycles. The lowest BCUT2D eigenvalue weighted by molar-refractivity contribution is 0.0928. The number of amides is 1. The van der Waals surface area contributed by atoms with Crippen molar-refractivity contribution in [1.29, 1.82) is 0 Å². The number of nitrogens with zero attached hydrogens (tertiary/aromatic N) is 3. The highest BCUT2D eigenvalue weighted by molar-refractivity contribution is 7.98. The summed E-state index contributed by atoms with van der Waals surface area (Å²) in [7, 11) is 2.99. The molecule has 1 N–H and O–H groups in total. The Morgan fingerprint density at radius 2 is 1.60 bits per heavy atom. The Morgan fingerprint density at radius 1 is 0.907 bits per heavy atom. The van der Waals surface area contributed by atoms with Crippen LogP contribution in [0.15, 0.2) is 96.2 Å². The summed E-state index contributed by atoms with van der Waals surface area (Å²) in [6.07, 6.45) is 0.399. The molecule has 0 aliphatic rings. The summed E-state index contributed by atoms with van der Waals surface area (Å²) in [6, 6.07) is 25.7. The number of aromatic nitrogens is 3. The first-order valence-electron chi connectivity index (χ1n) is 13.2. The highest BCUT2D eigenvalue weighted by Gasteiger charge is 2.28. The van der Waals surface area contributed by atoms with Crippen molar-refractivity contribution in [2.45, 2.75) is 23.4 Å². The Balaban J connectivity index is 1.59. The fourth-order valence-electron chi connectivity index (χ4n) is 4.58. The van der Waals surface area contributed by atoms with Gasteiger partial charge in [-0.25, -0.2) is 4.39 Å². The minimum Gasteiger partial charge on any atom is -0.496 e. The van der Waals surface area contributed by atoms with Gasteiger partial charge in [-0.3, -0.25) is 9.36 Å². The predicted molar refractivity (Wildman–Crippen MR) is 167 cm³/mol. The van der Waals surface area contributed by atoms with Gasteiger partial charge in [0, 0.05) is 10.8 Å². The van der Waals surface area contributed by atoms with E-state index in [4.69, 9.17) is 32.7 Å². The largest absolute Gasteiger partial charge is 0.496 e. The van der Waals surface area contributed by atoms with Crippen molar-refractivity contribution in [1.82, 2.24) is 20.1 Å². The molecule has 0 aliphatic carbocycles. The molecule has 0 radical (unpaired) electrons. The number of methoxy groups -OCH3 is 2. The van der Waals surface area contributed by atoms with Crippen LogP contribution in [0.2, 0.25) is 10.0 Å². The molecule has 0 saturated heterocycles. The lowest BCUT2D eigenvalue weighted by Crippen LogP contribution is -2.32. The molecule has 1 heterocycles. The van der Waals surface area contributed by atoms with Crippen LogP contribution >= 0.6 is 35.0 Å². The summed E-state index contributed by atoms with van der Waals surface area (Å²) in [4.78, 5) is 13.9. The second-order valence-corrected chi connectivity index (χ2v) is 11.2. The monoisotopic (exact) mass is 636 g/mol. The van der Waals surface area contributed by atoms with Gasteiger partial charge in [0.2, 0.25) is 0 Å². The topological polar surface area (TPSA) is 78.3 Å². The molecule has 0 spiro atoms. The van der Waals surface area contributed by atoms with Crippen LogP contribution in [0.4, 0.5) is 4.39 Å². The van der Waals surface area contributed by atoms with Crippen LogP contribution < -0.4 is 14.8 Å². The highest BCUT2D eigenvalue weighted by atomic mass is 35.5. The number of carbonyl (C=O) groups is 1. The van der Waals surface area contributed by atoms with E-state index >= 15 is 0 Å². The van der Waals surface area contributed by atoms with E-state index in [0.29, 0.717) is 50.4 Å². The first-order valence-corrected chi connectivity index (χ1v) is 15.0. The van der Waals surface area contributed by atoms with Crippen molar-refractivity contribution < 1.29 is 18.7 Å². The maximum Gasteiger partial charge on any atom is 0.259 e. The molecular weight excluding hydrogens is 610 g/mol. The Kier molecular flexibility index (Phi) is 9.86. The van der Waals surface area contributed by atoms with Gasteiger partial charge >= 0.3 is 0 Å². The maximum atomic E-state index is 13.9. The lowest BCUT2D eigenvalue weighted by Gasteiger charge is -2.22. The molecule has 0 fully saturated rings. The molecule has 1 atom stereocenters. The molecule has 220 valence electrons. The molecule has 1 unspecified atom stereocenters. The van der Waals surface area contributed by atoms with Crippen LogP contribution in [0.25, 0.3) is 5.69 Å². The van der Waals surface area contributed by atoms with Gasteiger partial charge < -0.3 is 14.8 Å². The van der Waals surface area contributed by atoms with Crippen LogP contribution in [0.1, 0.15) is 33.4 Å². The molecule has 0 bridgehead atoms. The Hall–Kier alpha value is -4.05. The van der Waals surface area contributed by atoms with Gasteiger partial charge in [0.15, 0.2) is 11.0 Å². The van der Waals surface area contributed by atoms with E-state index in [1.54, 1.807) is 48.5 Å². The summed E-state index contributed by atoms with van der Waals surface area (Å²) < 4.78 is 26.3. The number of rotatable bonds is 11. The molecule has 5 aromatic rings. The summed E-state index contributed by atoms with van der Waals surface area (Å²) in [5.74, 6) is 0.974. The highest BCUT2D eigenvalue weighted by Crippen LogP contribution is 2.34. The van der Waals surface area contributed by atoms with Crippen molar-refractivity contribution in [2.75, 3.05) is 14.2 Å². The number of nitrogens with one attached hydrogen (secondary N) is 1. The third kappa shape index (κ3) is 7.13. The minimum atomic E-state index is -0.649. The number of thioether (sulfide) groups is 1. The average Bonchev–Trinajstić information content (AvgIpc) is 3.44. The van der Waals surface area contributed by atoms with Crippen LogP contribution in [0.5, 0.6) is 11.5 Å². The number of carbonyl (C=O) groups excluding carboxylic acids is 1. The summed E-state index contributed by atoms with van der Waals surface area (Å²) in [5, 5.41) is 13.6. The maximum absolute atomic E-state index is 13.9. The second kappa shape index (κ2) is 13.9. The minimum absolute atomic E-state index is 0.257. The molecule has 11 heteroatoms. The Morgan fingerprint density at radius 3 is 2.26 bits per heavy atom. The standard InChI is InChI=1S/C32H27Cl2FN4O3S/c1-41-27-9-6-10-28(42-2)29(27)31(40)36-25(17-20-7-4-3-5-8-20)30-37-38-32(43-19-21-11-14-23(35)15-12-21)39(30)26-16-13-22(33)18-24(26)34/h3-16,18,25H,17,19H2,1-2H3,(H,36,40). The zero-order chi connectivity index (χ0) is 30.3. The van der Waals surface area contributed by atoms with E-state index in [9.17, 15) is 9.18 Å². The number of hydrogen-bond acceptors (Lipinski definition) is 6. The van der Waals surface area contributed by atoms with Crippen molar-refractivity contribution in [3.05, 3.63) is 129 Å². The molecule has 5 rings (SSSR count). The van der Waals surface area contributed by atoms with E-state index in [0.717, 1.165) is 11.1 Å². The first kappa shape index (κ1) is 30.4. The molecule has 0 saturated carbocycles. The molecule has 0 aliphatic heterocycles. The Bertz CT molecular complexity index is 1700. The number of hydrogen-bond donors (Lipinski definition) is 1. The van der Waals surface area contributed by atoms with E-state index < -0.39 is 11.9 Å². The zero-order valence-electron chi connectivity index (χ0n) is 23.3. The van der Waals surface area contributed by atoms with Crippen LogP contribution in [-0.2, 0) is 12.2 Å². The molecule has 1 amide bonds. The second-order valence-electron chi connectivity index (χ2n) is 9.44. The number of halogens is 3. The van der Waals surface area contributed by atoms with E-state index in [1.165, 1.54) is 38.1 Å². The molecule has 1 aromatic heterocycles. The Labute approximate surface area is 263 Å². The van der Waals surface area contributed by atoms with Crippen molar-refractivity contribution in [3.8, 4) is 17.2 Å². The van der Waals surface area contributed by atoms with Crippen molar-refractivity contribution in [2.24, 2.45) is 0 Å². The summed E-state index contributed by atoms with van der Waals surface area (Å²) in [5.41, 5.74) is 2.72. The molecule has 43 heavy (non-hydrogen) atoms. The van der Waals surface area contributed by atoms with Crippen LogP contribution in [0.3, 0.4) is 0 Å². The summed E-state index contributed by atoms with van der Waals surface area (Å²) >= 11 is 14.4. The zero-order valence-corrected chi connectivity index (χ0v) is 25.6. The van der Waals surface area contributed by atoms with E-state index in [1.807, 2.05) is 34.9 Å². The van der Waals surface area contributed by atoms with Crippen LogP contribution in [0, 0.1) is 5.82 Å². The quantitative estimate of drug-likeness (QED) is 0.149. The number of benzene rings is 4. The average molecular weight is 638 g/mol. The van der Waals surface area contributed by atoms with Crippen LogP contribution in [-0.4, -0.2) is 34.9 Å². The summed E-state index contributed by atoms with van der Waals surface area (Å²) in [6.45, 7) is 0. The first-order chi connectivity index (χ1) is 20.9. The van der Waals surface area contributed by atoms with Gasteiger partial charge in [-0.15, -0.1) is 10.2 Å². The van der Waals surface area contributed by atoms with Crippen molar-refractivity contribution in [3.63, 3.8) is 0 Å². The smallest absolute Gasteiger partial charge is 0.259 e. The SMILES string of the molecule is COc1cccc(OC)c1C(=O)NC(Cc1ccccc1)c1nnc(SCc2ccc(F)cc2)n1-c1ccc(Cl)cc1Cl. The number of ether oxygens (including phenoxy) is 2. The van der Waals surface area contributed by atoms with E-state index in [2.05, 4.69) is 15.5 Å². The third-order valence-electron chi connectivity index (χ3n) is 6.64. The fraction of sp³-hybridized carbons (Fsp3) is 0.156. The lowest BCUT2D eigenvalue weighted by atomic mass is 10.0. The van der Waals surface area contributed by atoms with Gasteiger partial charge in [-0.1, -0.05) is 83.5 Å². The van der Waals surface area contributed by atoms with Gasteiger partial charge in [0.1, 0.15) is 22.9 Å². The normalized spacial score (nSPS) is 11.7. The fourth-order valence-corrected chi connectivity index (χ4v) is 5.98. The predicted octanol–water partition coefficient (Wildman–Crippen LogP) is 7.74. The van der Waals surface area contributed by atoms with Crippen molar-refractivity contribution >= 4 is 40.9 Å². The van der Waals surface area contributed by atoms with Gasteiger partial charge in [-0.05, 0) is 60.0 Å². The van der Waals surface area contributed by atoms with E-state index in [-0.39, 0.29) is 11.4 Å². The van der Waals surface area contributed by atoms with Gasteiger partial charge in [0.05, 0.1) is 31.0 Å². The molecule has 7 nitrogen and oxygen atoms in total. The third-order valence-corrected chi connectivity index (χ3v) is 8.18.